The van der Waals surface area contributed by atoms with Gasteiger partial charge in [0.1, 0.15) is 17.2 Å². The first-order chi connectivity index (χ1) is 13.7. The van der Waals surface area contributed by atoms with Crippen molar-refractivity contribution in [3.8, 4) is 5.75 Å². The van der Waals surface area contributed by atoms with E-state index in [2.05, 4.69) is 10.4 Å². The van der Waals surface area contributed by atoms with Crippen LogP contribution >= 0.6 is 0 Å². The van der Waals surface area contributed by atoms with Crippen LogP contribution in [-0.2, 0) is 29.5 Å². The SMILES string of the molecule is Cn1nc2c(c1NC(=O)CCOc1ccccc1)CN(C(=O)OC(C)(C)C)CC2. The van der Waals surface area contributed by atoms with E-state index in [0.717, 1.165) is 17.0 Å². The lowest BCUT2D eigenvalue weighted by Crippen LogP contribution is -2.40. The van der Waals surface area contributed by atoms with Crippen LogP contribution < -0.4 is 10.1 Å². The van der Waals surface area contributed by atoms with Crippen molar-refractivity contribution in [3.63, 3.8) is 0 Å². The second-order valence-corrected chi connectivity index (χ2v) is 8.01. The number of rotatable bonds is 5. The lowest BCUT2D eigenvalue weighted by molar-refractivity contribution is -0.116. The molecule has 0 fully saturated rings. The summed E-state index contributed by atoms with van der Waals surface area (Å²) in [7, 11) is 1.78. The van der Waals surface area contributed by atoms with Gasteiger partial charge in [-0.25, -0.2) is 4.79 Å². The van der Waals surface area contributed by atoms with Crippen LogP contribution in [0.2, 0.25) is 0 Å². The fourth-order valence-corrected chi connectivity index (χ4v) is 3.11. The summed E-state index contributed by atoms with van der Waals surface area (Å²) < 4.78 is 12.7. The van der Waals surface area contributed by atoms with Crippen molar-refractivity contribution in [2.75, 3.05) is 18.5 Å². The lowest BCUT2D eigenvalue weighted by atomic mass is 10.1. The molecule has 156 valence electrons. The maximum absolute atomic E-state index is 12.4. The number of hydrogen-bond acceptors (Lipinski definition) is 5. The Labute approximate surface area is 170 Å². The Morgan fingerprint density at radius 1 is 1.21 bits per heavy atom. The average molecular weight is 400 g/mol. The number of aryl methyl sites for hydroxylation is 1. The van der Waals surface area contributed by atoms with Gasteiger partial charge in [0.15, 0.2) is 0 Å². The highest BCUT2D eigenvalue weighted by Gasteiger charge is 2.30. The van der Waals surface area contributed by atoms with E-state index >= 15 is 0 Å². The molecule has 0 radical (unpaired) electrons. The third kappa shape index (κ3) is 5.49. The number of anilines is 1. The van der Waals surface area contributed by atoms with E-state index in [-0.39, 0.29) is 25.0 Å². The fraction of sp³-hybridized carbons (Fsp3) is 0.476. The first-order valence-electron chi connectivity index (χ1n) is 9.73. The van der Waals surface area contributed by atoms with Crippen molar-refractivity contribution in [3.05, 3.63) is 41.6 Å². The minimum Gasteiger partial charge on any atom is -0.493 e. The van der Waals surface area contributed by atoms with E-state index in [1.54, 1.807) is 16.6 Å². The summed E-state index contributed by atoms with van der Waals surface area (Å²) >= 11 is 0. The predicted octanol–water partition coefficient (Wildman–Crippen LogP) is 3.12. The molecule has 0 aliphatic carbocycles. The van der Waals surface area contributed by atoms with Gasteiger partial charge in [-0.2, -0.15) is 5.10 Å². The molecular weight excluding hydrogens is 372 g/mol. The van der Waals surface area contributed by atoms with Gasteiger partial charge in [-0.3, -0.25) is 9.48 Å². The number of benzene rings is 1. The Balaban J connectivity index is 1.60. The van der Waals surface area contributed by atoms with Gasteiger partial charge in [0.05, 0.1) is 25.3 Å². The van der Waals surface area contributed by atoms with Crippen LogP contribution in [-0.4, -0.2) is 45.4 Å². The Hall–Kier alpha value is -3.03. The van der Waals surface area contributed by atoms with Crippen LogP contribution in [0, 0.1) is 0 Å². The molecule has 1 aromatic heterocycles. The summed E-state index contributed by atoms with van der Waals surface area (Å²) in [6.07, 6.45) is 0.473. The molecule has 0 saturated carbocycles. The Morgan fingerprint density at radius 3 is 2.62 bits per heavy atom. The highest BCUT2D eigenvalue weighted by Crippen LogP contribution is 2.27. The standard InChI is InChI=1S/C21H28N4O4/c1-21(2,3)29-20(27)25-12-10-17-16(14-25)19(24(4)23-17)22-18(26)11-13-28-15-8-6-5-7-9-15/h5-9H,10-14H2,1-4H3,(H,22,26). The predicted molar refractivity (Wildman–Crippen MR) is 109 cm³/mol. The molecule has 1 aliphatic heterocycles. The van der Waals surface area contributed by atoms with E-state index < -0.39 is 5.60 Å². The van der Waals surface area contributed by atoms with Gasteiger partial charge in [-0.1, -0.05) is 18.2 Å². The number of nitrogens with zero attached hydrogens (tertiary/aromatic N) is 3. The third-order valence-electron chi connectivity index (χ3n) is 4.45. The van der Waals surface area contributed by atoms with Gasteiger partial charge in [-0.05, 0) is 32.9 Å². The Bertz CT molecular complexity index is 871. The zero-order chi connectivity index (χ0) is 21.0. The molecule has 1 N–H and O–H groups in total. The molecule has 8 heteroatoms. The van der Waals surface area contributed by atoms with Crippen LogP contribution in [0.4, 0.5) is 10.6 Å². The second-order valence-electron chi connectivity index (χ2n) is 8.01. The first kappa shape index (κ1) is 20.7. The summed E-state index contributed by atoms with van der Waals surface area (Å²) in [5.74, 6) is 1.17. The minimum atomic E-state index is -0.553. The van der Waals surface area contributed by atoms with Gasteiger partial charge in [-0.15, -0.1) is 0 Å². The number of aromatic nitrogens is 2. The molecule has 2 amide bonds. The van der Waals surface area contributed by atoms with Crippen molar-refractivity contribution in [1.29, 1.82) is 0 Å². The smallest absolute Gasteiger partial charge is 0.410 e. The summed E-state index contributed by atoms with van der Waals surface area (Å²) in [5.41, 5.74) is 1.19. The summed E-state index contributed by atoms with van der Waals surface area (Å²) in [4.78, 5) is 26.5. The number of hydrogen-bond donors (Lipinski definition) is 1. The van der Waals surface area contributed by atoms with Crippen LogP contribution in [0.3, 0.4) is 0 Å². The molecule has 2 aromatic rings. The Morgan fingerprint density at radius 2 is 1.93 bits per heavy atom. The maximum Gasteiger partial charge on any atom is 0.410 e. The zero-order valence-corrected chi connectivity index (χ0v) is 17.4. The van der Waals surface area contributed by atoms with Crippen molar-refractivity contribution >= 4 is 17.8 Å². The minimum absolute atomic E-state index is 0.166. The molecule has 0 spiro atoms. The van der Waals surface area contributed by atoms with Gasteiger partial charge < -0.3 is 19.7 Å². The molecule has 1 aromatic carbocycles. The van der Waals surface area contributed by atoms with E-state index in [9.17, 15) is 9.59 Å². The number of ether oxygens (including phenoxy) is 2. The van der Waals surface area contributed by atoms with E-state index in [1.165, 1.54) is 0 Å². The van der Waals surface area contributed by atoms with Crippen LogP contribution in [0.25, 0.3) is 0 Å². The first-order valence-corrected chi connectivity index (χ1v) is 9.73. The van der Waals surface area contributed by atoms with Gasteiger partial charge in [0.25, 0.3) is 0 Å². The zero-order valence-electron chi connectivity index (χ0n) is 17.4. The summed E-state index contributed by atoms with van der Waals surface area (Å²) in [6, 6.07) is 9.37. The maximum atomic E-state index is 12.4. The van der Waals surface area contributed by atoms with E-state index in [1.807, 2.05) is 51.1 Å². The Kier molecular flexibility index (Phi) is 6.10. The van der Waals surface area contributed by atoms with Crippen molar-refractivity contribution in [1.82, 2.24) is 14.7 Å². The average Bonchev–Trinajstić information content (AvgIpc) is 2.96. The van der Waals surface area contributed by atoms with Crippen molar-refractivity contribution in [2.45, 2.75) is 45.8 Å². The molecule has 3 rings (SSSR count). The van der Waals surface area contributed by atoms with Crippen molar-refractivity contribution in [2.24, 2.45) is 7.05 Å². The molecular formula is C21H28N4O4. The highest BCUT2D eigenvalue weighted by molar-refractivity contribution is 5.91. The van der Waals surface area contributed by atoms with E-state index in [0.29, 0.717) is 25.3 Å². The number of para-hydroxylation sites is 1. The van der Waals surface area contributed by atoms with Gasteiger partial charge >= 0.3 is 6.09 Å². The molecule has 0 atom stereocenters. The highest BCUT2D eigenvalue weighted by atomic mass is 16.6. The lowest BCUT2D eigenvalue weighted by Gasteiger charge is -2.29. The summed E-state index contributed by atoms with van der Waals surface area (Å²) in [5, 5.41) is 7.41. The van der Waals surface area contributed by atoms with Crippen LogP contribution in [0.5, 0.6) is 5.75 Å². The number of carbonyl (C=O) groups excluding carboxylic acids is 2. The molecule has 29 heavy (non-hydrogen) atoms. The molecule has 0 unspecified atom stereocenters. The van der Waals surface area contributed by atoms with Crippen LogP contribution in [0.15, 0.2) is 30.3 Å². The number of amides is 2. The quantitative estimate of drug-likeness (QED) is 0.833. The molecule has 1 aliphatic rings. The summed E-state index contributed by atoms with van der Waals surface area (Å²) in [6.45, 7) is 6.69. The third-order valence-corrected chi connectivity index (χ3v) is 4.45. The normalized spacial score (nSPS) is 13.6. The molecule has 8 nitrogen and oxygen atoms in total. The van der Waals surface area contributed by atoms with Crippen molar-refractivity contribution < 1.29 is 19.1 Å². The largest absolute Gasteiger partial charge is 0.493 e. The number of nitrogens with one attached hydrogen (secondary N) is 1. The monoisotopic (exact) mass is 400 g/mol. The van der Waals surface area contributed by atoms with Crippen LogP contribution in [0.1, 0.15) is 38.4 Å². The van der Waals surface area contributed by atoms with Gasteiger partial charge in [0.2, 0.25) is 5.91 Å². The van der Waals surface area contributed by atoms with Gasteiger partial charge in [0, 0.05) is 25.6 Å². The molecule has 0 saturated heterocycles. The number of carbonyl (C=O) groups is 2. The van der Waals surface area contributed by atoms with E-state index in [4.69, 9.17) is 9.47 Å². The molecule has 2 heterocycles. The topological polar surface area (TPSA) is 85.7 Å². The molecule has 0 bridgehead atoms. The fourth-order valence-electron chi connectivity index (χ4n) is 3.11. The second kappa shape index (κ2) is 8.55. The number of fused-ring (bicyclic) bond motifs is 1.